The lowest BCUT2D eigenvalue weighted by molar-refractivity contribution is -0.0119. The van der Waals surface area contributed by atoms with Gasteiger partial charge in [-0.3, -0.25) is 5.32 Å². The minimum atomic E-state index is -0.490. The van der Waals surface area contributed by atoms with Gasteiger partial charge in [0.1, 0.15) is 6.61 Å². The van der Waals surface area contributed by atoms with Gasteiger partial charge in [0.25, 0.3) is 0 Å². The Labute approximate surface area is 144 Å². The fraction of sp³-hybridized carbons (Fsp3) is 0.421. The van der Waals surface area contributed by atoms with E-state index in [-0.39, 0.29) is 6.61 Å². The summed E-state index contributed by atoms with van der Waals surface area (Å²) in [5.41, 5.74) is 0.285. The summed E-state index contributed by atoms with van der Waals surface area (Å²) in [4.78, 5) is 12.0. The molecule has 5 heteroatoms. The number of hydrogen-bond donors (Lipinski definition) is 1. The Morgan fingerprint density at radius 2 is 1.62 bits per heavy atom. The highest BCUT2D eigenvalue weighted by Gasteiger charge is 2.32. The Balaban J connectivity index is 2.62. The first-order valence-electron chi connectivity index (χ1n) is 8.10. The minimum Gasteiger partial charge on any atom is -0.501 e. The molecule has 0 saturated heterocycles. The molecule has 0 aliphatic heterocycles. The number of nitrogens with one attached hydrogen (secondary N) is 1. The number of ether oxygens (including phenoxy) is 3. The third-order valence-electron chi connectivity index (χ3n) is 3.52. The molecule has 0 aliphatic rings. The van der Waals surface area contributed by atoms with Gasteiger partial charge in [0.05, 0.1) is 31.2 Å². The number of rotatable bonds is 10. The van der Waals surface area contributed by atoms with Crippen LogP contribution in [0, 0.1) is 5.41 Å². The zero-order valence-corrected chi connectivity index (χ0v) is 14.7. The third-order valence-corrected chi connectivity index (χ3v) is 3.52. The second kappa shape index (κ2) is 11.2. The van der Waals surface area contributed by atoms with Crippen molar-refractivity contribution in [3.8, 4) is 0 Å². The Morgan fingerprint density at radius 3 is 2.12 bits per heavy atom. The molecule has 0 aliphatic carbocycles. The van der Waals surface area contributed by atoms with E-state index in [0.717, 1.165) is 6.42 Å². The van der Waals surface area contributed by atoms with E-state index in [1.807, 2.05) is 51.1 Å². The molecule has 0 fully saturated rings. The van der Waals surface area contributed by atoms with Crippen molar-refractivity contribution in [2.45, 2.75) is 27.2 Å². The standard InChI is InChI=1S/C19H27NO4/c1-4-12-22-14-19(6-3,15-23-13-5-2)16-24-18(21)20-17-10-8-7-9-11-17/h4-5,7-13H,6,14-16H2,1-3H3,(H,20,21)/b12-4+,13-5+. The molecule has 1 rings (SSSR count). The molecule has 0 unspecified atom stereocenters. The van der Waals surface area contributed by atoms with Gasteiger partial charge in [-0.15, -0.1) is 0 Å². The topological polar surface area (TPSA) is 56.8 Å². The second-order valence-corrected chi connectivity index (χ2v) is 5.48. The molecule has 0 aromatic heterocycles. The van der Waals surface area contributed by atoms with Crippen LogP contribution >= 0.6 is 0 Å². The van der Waals surface area contributed by atoms with Crippen molar-refractivity contribution < 1.29 is 19.0 Å². The lowest BCUT2D eigenvalue weighted by Crippen LogP contribution is -2.37. The molecule has 1 amide bonds. The molecule has 0 atom stereocenters. The van der Waals surface area contributed by atoms with Gasteiger partial charge in [-0.2, -0.15) is 0 Å². The van der Waals surface area contributed by atoms with Gasteiger partial charge in [-0.05, 0) is 32.4 Å². The van der Waals surface area contributed by atoms with Crippen molar-refractivity contribution in [1.29, 1.82) is 0 Å². The summed E-state index contributed by atoms with van der Waals surface area (Å²) in [5, 5.41) is 2.70. The molecule has 0 bridgehead atoms. The molecule has 24 heavy (non-hydrogen) atoms. The first kappa shape index (κ1) is 19.6. The van der Waals surface area contributed by atoms with E-state index < -0.39 is 11.5 Å². The van der Waals surface area contributed by atoms with Crippen LogP contribution in [0.4, 0.5) is 10.5 Å². The summed E-state index contributed by atoms with van der Waals surface area (Å²) in [7, 11) is 0. The maximum absolute atomic E-state index is 12.0. The van der Waals surface area contributed by atoms with E-state index in [2.05, 4.69) is 5.32 Å². The number of para-hydroxylation sites is 1. The molecule has 1 aromatic carbocycles. The van der Waals surface area contributed by atoms with Gasteiger partial charge in [-0.25, -0.2) is 4.79 Å². The molecule has 1 N–H and O–H groups in total. The highest BCUT2D eigenvalue weighted by molar-refractivity contribution is 5.84. The average molecular weight is 333 g/mol. The van der Waals surface area contributed by atoms with Crippen molar-refractivity contribution in [1.82, 2.24) is 0 Å². The number of carbonyl (C=O) groups excluding carboxylic acids is 1. The van der Waals surface area contributed by atoms with Crippen LogP contribution in [0.15, 0.2) is 55.0 Å². The van der Waals surface area contributed by atoms with Crippen LogP contribution in [0.1, 0.15) is 27.2 Å². The number of hydrogen-bond acceptors (Lipinski definition) is 4. The van der Waals surface area contributed by atoms with Crippen LogP contribution < -0.4 is 5.32 Å². The monoisotopic (exact) mass is 333 g/mol. The van der Waals surface area contributed by atoms with Crippen LogP contribution in [0.3, 0.4) is 0 Å². The van der Waals surface area contributed by atoms with E-state index in [1.54, 1.807) is 24.7 Å². The predicted octanol–water partition coefficient (Wildman–Crippen LogP) is 4.73. The maximum Gasteiger partial charge on any atom is 0.411 e. The zero-order chi connectivity index (χ0) is 17.7. The lowest BCUT2D eigenvalue weighted by Gasteiger charge is -2.30. The van der Waals surface area contributed by atoms with Crippen molar-refractivity contribution in [3.05, 3.63) is 55.0 Å². The van der Waals surface area contributed by atoms with Gasteiger partial charge >= 0.3 is 6.09 Å². The van der Waals surface area contributed by atoms with Crippen LogP contribution in [0.25, 0.3) is 0 Å². The number of carbonyl (C=O) groups is 1. The number of amides is 1. The van der Waals surface area contributed by atoms with Gasteiger partial charge in [0.15, 0.2) is 0 Å². The SMILES string of the molecule is C/C=C/OCC(CC)(CO/C=C/C)COC(=O)Nc1ccccc1. The summed E-state index contributed by atoms with van der Waals surface area (Å²) in [6, 6.07) is 9.19. The van der Waals surface area contributed by atoms with E-state index in [4.69, 9.17) is 14.2 Å². The quantitative estimate of drug-likeness (QED) is 0.629. The van der Waals surface area contributed by atoms with Crippen molar-refractivity contribution >= 4 is 11.8 Å². The highest BCUT2D eigenvalue weighted by atomic mass is 16.6. The maximum atomic E-state index is 12.0. The summed E-state index contributed by atoms with van der Waals surface area (Å²) in [5.74, 6) is 0. The Kier molecular flexibility index (Phi) is 9.12. The molecule has 5 nitrogen and oxygen atoms in total. The van der Waals surface area contributed by atoms with Crippen LogP contribution in [-0.4, -0.2) is 25.9 Å². The third kappa shape index (κ3) is 7.22. The average Bonchev–Trinajstić information content (AvgIpc) is 2.60. The summed E-state index contributed by atoms with van der Waals surface area (Å²) in [6.07, 6.45) is 7.15. The van der Waals surface area contributed by atoms with Crippen LogP contribution in [0.5, 0.6) is 0 Å². The van der Waals surface area contributed by atoms with Crippen molar-refractivity contribution in [2.75, 3.05) is 25.1 Å². The smallest absolute Gasteiger partial charge is 0.411 e. The fourth-order valence-corrected chi connectivity index (χ4v) is 1.97. The molecule has 132 valence electrons. The Morgan fingerprint density at radius 1 is 1.04 bits per heavy atom. The van der Waals surface area contributed by atoms with E-state index >= 15 is 0 Å². The molecular weight excluding hydrogens is 306 g/mol. The Hall–Kier alpha value is -2.43. The first-order valence-corrected chi connectivity index (χ1v) is 8.10. The molecule has 0 radical (unpaired) electrons. The summed E-state index contributed by atoms with van der Waals surface area (Å²) in [6.45, 7) is 6.81. The molecule has 0 saturated carbocycles. The molecule has 0 heterocycles. The second-order valence-electron chi connectivity index (χ2n) is 5.48. The van der Waals surface area contributed by atoms with Crippen molar-refractivity contribution in [2.24, 2.45) is 5.41 Å². The molecule has 0 spiro atoms. The van der Waals surface area contributed by atoms with E-state index in [9.17, 15) is 4.79 Å². The fourth-order valence-electron chi connectivity index (χ4n) is 1.97. The van der Waals surface area contributed by atoms with Gasteiger partial charge < -0.3 is 14.2 Å². The van der Waals surface area contributed by atoms with Crippen LogP contribution in [0.2, 0.25) is 0 Å². The summed E-state index contributed by atoms with van der Waals surface area (Å²) >= 11 is 0. The minimum absolute atomic E-state index is 0.206. The normalized spacial score (nSPS) is 11.6. The predicted molar refractivity (Wildman–Crippen MR) is 95.7 cm³/mol. The van der Waals surface area contributed by atoms with E-state index in [1.165, 1.54) is 0 Å². The number of anilines is 1. The first-order chi connectivity index (χ1) is 11.7. The van der Waals surface area contributed by atoms with E-state index in [0.29, 0.717) is 18.9 Å². The molecular formula is C19H27NO4. The largest absolute Gasteiger partial charge is 0.501 e. The zero-order valence-electron chi connectivity index (χ0n) is 14.7. The summed E-state index contributed by atoms with van der Waals surface area (Å²) < 4.78 is 16.5. The van der Waals surface area contributed by atoms with Gasteiger partial charge in [0.2, 0.25) is 0 Å². The highest BCUT2D eigenvalue weighted by Crippen LogP contribution is 2.24. The number of benzene rings is 1. The van der Waals surface area contributed by atoms with Gasteiger partial charge in [-0.1, -0.05) is 37.3 Å². The van der Waals surface area contributed by atoms with Gasteiger partial charge in [0, 0.05) is 5.69 Å². The van der Waals surface area contributed by atoms with Crippen molar-refractivity contribution in [3.63, 3.8) is 0 Å². The number of allylic oxidation sites excluding steroid dienone is 2. The lowest BCUT2D eigenvalue weighted by atomic mass is 9.88. The Bertz CT molecular complexity index is 509. The van der Waals surface area contributed by atoms with Crippen LogP contribution in [-0.2, 0) is 14.2 Å². The molecule has 1 aromatic rings.